The SMILES string of the molecule is CCn1cc(CCCNC)c2cc(OC)ccc21. The van der Waals surface area contributed by atoms with Crippen LogP contribution in [0.25, 0.3) is 10.9 Å². The molecule has 0 aliphatic heterocycles. The minimum atomic E-state index is 0.936. The van der Waals surface area contributed by atoms with Crippen molar-refractivity contribution in [1.29, 1.82) is 0 Å². The minimum absolute atomic E-state index is 0.936. The van der Waals surface area contributed by atoms with Crippen molar-refractivity contribution in [2.24, 2.45) is 0 Å². The molecule has 0 fully saturated rings. The molecule has 0 saturated carbocycles. The van der Waals surface area contributed by atoms with Crippen LogP contribution in [-0.2, 0) is 13.0 Å². The third-order valence-corrected chi connectivity index (χ3v) is 3.38. The summed E-state index contributed by atoms with van der Waals surface area (Å²) in [7, 11) is 3.72. The van der Waals surface area contributed by atoms with E-state index < -0.39 is 0 Å². The first kappa shape index (κ1) is 13.0. The van der Waals surface area contributed by atoms with Crippen LogP contribution in [0.3, 0.4) is 0 Å². The van der Waals surface area contributed by atoms with Gasteiger partial charge in [0.05, 0.1) is 7.11 Å². The monoisotopic (exact) mass is 246 g/mol. The number of nitrogens with one attached hydrogen (secondary N) is 1. The number of fused-ring (bicyclic) bond motifs is 1. The summed E-state index contributed by atoms with van der Waals surface area (Å²) in [6, 6.07) is 6.33. The molecule has 0 spiro atoms. The molecule has 0 atom stereocenters. The van der Waals surface area contributed by atoms with Gasteiger partial charge in [0.2, 0.25) is 0 Å². The number of benzene rings is 1. The number of ether oxygens (including phenoxy) is 1. The zero-order valence-electron chi connectivity index (χ0n) is 11.5. The van der Waals surface area contributed by atoms with Crippen molar-refractivity contribution in [3.8, 4) is 5.75 Å². The topological polar surface area (TPSA) is 26.2 Å². The number of rotatable bonds is 6. The average molecular weight is 246 g/mol. The van der Waals surface area contributed by atoms with Gasteiger partial charge in [0, 0.05) is 23.6 Å². The summed E-state index contributed by atoms with van der Waals surface area (Å²) >= 11 is 0. The lowest BCUT2D eigenvalue weighted by Crippen LogP contribution is -2.08. The van der Waals surface area contributed by atoms with E-state index >= 15 is 0 Å². The summed E-state index contributed by atoms with van der Waals surface area (Å²) in [5.74, 6) is 0.936. The van der Waals surface area contributed by atoms with Gasteiger partial charge in [-0.25, -0.2) is 0 Å². The zero-order valence-corrected chi connectivity index (χ0v) is 11.5. The maximum atomic E-state index is 5.32. The third kappa shape index (κ3) is 2.51. The second kappa shape index (κ2) is 5.91. The summed E-state index contributed by atoms with van der Waals surface area (Å²) in [5, 5.41) is 4.52. The molecule has 2 aromatic rings. The molecule has 1 aromatic carbocycles. The van der Waals surface area contributed by atoms with Crippen LogP contribution in [-0.4, -0.2) is 25.3 Å². The largest absolute Gasteiger partial charge is 0.497 e. The van der Waals surface area contributed by atoms with Crippen molar-refractivity contribution in [3.05, 3.63) is 30.0 Å². The number of hydrogen-bond donors (Lipinski definition) is 1. The zero-order chi connectivity index (χ0) is 13.0. The fraction of sp³-hybridized carbons (Fsp3) is 0.467. The number of nitrogens with zero attached hydrogens (tertiary/aromatic N) is 1. The van der Waals surface area contributed by atoms with Crippen LogP contribution in [0, 0.1) is 0 Å². The molecule has 1 heterocycles. The van der Waals surface area contributed by atoms with Crippen molar-refractivity contribution in [2.45, 2.75) is 26.3 Å². The summed E-state index contributed by atoms with van der Waals surface area (Å²) in [5.41, 5.74) is 2.72. The molecule has 18 heavy (non-hydrogen) atoms. The molecular formula is C15H22N2O. The van der Waals surface area contributed by atoms with Crippen molar-refractivity contribution in [2.75, 3.05) is 20.7 Å². The van der Waals surface area contributed by atoms with Gasteiger partial charge in [-0.15, -0.1) is 0 Å². The van der Waals surface area contributed by atoms with Crippen molar-refractivity contribution in [1.82, 2.24) is 9.88 Å². The fourth-order valence-electron chi connectivity index (χ4n) is 2.39. The maximum Gasteiger partial charge on any atom is 0.119 e. The Morgan fingerprint density at radius 2 is 2.17 bits per heavy atom. The Morgan fingerprint density at radius 3 is 2.83 bits per heavy atom. The van der Waals surface area contributed by atoms with E-state index in [1.54, 1.807) is 7.11 Å². The standard InChI is InChI=1S/C15H22N2O/c1-4-17-11-12(6-5-9-16-2)14-10-13(18-3)7-8-15(14)17/h7-8,10-11,16H,4-6,9H2,1-3H3. The minimum Gasteiger partial charge on any atom is -0.497 e. The normalized spacial score (nSPS) is 11.1. The molecule has 0 saturated heterocycles. The molecule has 0 unspecified atom stereocenters. The van der Waals surface area contributed by atoms with E-state index in [1.165, 1.54) is 16.5 Å². The molecule has 1 aromatic heterocycles. The highest BCUT2D eigenvalue weighted by Crippen LogP contribution is 2.26. The molecular weight excluding hydrogens is 224 g/mol. The van der Waals surface area contributed by atoms with Crippen LogP contribution in [0.15, 0.2) is 24.4 Å². The van der Waals surface area contributed by atoms with E-state index in [9.17, 15) is 0 Å². The van der Waals surface area contributed by atoms with Gasteiger partial charge < -0.3 is 14.6 Å². The Labute approximate surface area is 109 Å². The second-order valence-electron chi connectivity index (χ2n) is 4.53. The summed E-state index contributed by atoms with van der Waals surface area (Å²) in [6.07, 6.45) is 4.55. The first-order valence-electron chi connectivity index (χ1n) is 6.60. The molecule has 0 amide bonds. The molecule has 0 aliphatic rings. The lowest BCUT2D eigenvalue weighted by atomic mass is 10.1. The number of aromatic nitrogens is 1. The first-order valence-corrected chi connectivity index (χ1v) is 6.60. The maximum absolute atomic E-state index is 5.32. The molecule has 3 nitrogen and oxygen atoms in total. The highest BCUT2D eigenvalue weighted by atomic mass is 16.5. The highest BCUT2D eigenvalue weighted by Gasteiger charge is 2.08. The van der Waals surface area contributed by atoms with Crippen molar-refractivity contribution >= 4 is 10.9 Å². The van der Waals surface area contributed by atoms with Gasteiger partial charge in [0.1, 0.15) is 5.75 Å². The Bertz CT molecular complexity index is 516. The van der Waals surface area contributed by atoms with Gasteiger partial charge in [-0.1, -0.05) is 0 Å². The molecule has 1 N–H and O–H groups in total. The Balaban J connectivity index is 2.37. The van der Waals surface area contributed by atoms with Gasteiger partial charge in [-0.3, -0.25) is 0 Å². The summed E-state index contributed by atoms with van der Waals surface area (Å²) in [6.45, 7) is 4.25. The van der Waals surface area contributed by atoms with Crippen LogP contribution in [0.4, 0.5) is 0 Å². The Kier molecular flexibility index (Phi) is 4.26. The van der Waals surface area contributed by atoms with E-state index in [2.05, 4.69) is 35.1 Å². The van der Waals surface area contributed by atoms with E-state index in [4.69, 9.17) is 4.74 Å². The van der Waals surface area contributed by atoms with Crippen LogP contribution in [0.5, 0.6) is 5.75 Å². The highest BCUT2D eigenvalue weighted by molar-refractivity contribution is 5.85. The number of hydrogen-bond acceptors (Lipinski definition) is 2. The van der Waals surface area contributed by atoms with Gasteiger partial charge in [-0.05, 0) is 57.1 Å². The van der Waals surface area contributed by atoms with Crippen LogP contribution >= 0.6 is 0 Å². The first-order chi connectivity index (χ1) is 8.80. The van der Waals surface area contributed by atoms with E-state index in [0.29, 0.717) is 0 Å². The van der Waals surface area contributed by atoms with Crippen LogP contribution in [0.1, 0.15) is 18.9 Å². The summed E-state index contributed by atoms with van der Waals surface area (Å²) in [4.78, 5) is 0. The van der Waals surface area contributed by atoms with Crippen LogP contribution < -0.4 is 10.1 Å². The van der Waals surface area contributed by atoms with Crippen molar-refractivity contribution in [3.63, 3.8) is 0 Å². The van der Waals surface area contributed by atoms with Gasteiger partial charge >= 0.3 is 0 Å². The lowest BCUT2D eigenvalue weighted by Gasteiger charge is -2.03. The molecule has 0 aliphatic carbocycles. The van der Waals surface area contributed by atoms with Gasteiger partial charge in [-0.2, -0.15) is 0 Å². The quantitative estimate of drug-likeness (QED) is 0.793. The molecule has 0 radical (unpaired) electrons. The van der Waals surface area contributed by atoms with E-state index in [1.807, 2.05) is 13.1 Å². The molecule has 0 bridgehead atoms. The van der Waals surface area contributed by atoms with E-state index in [0.717, 1.165) is 31.7 Å². The lowest BCUT2D eigenvalue weighted by molar-refractivity contribution is 0.415. The molecule has 98 valence electrons. The van der Waals surface area contributed by atoms with E-state index in [-0.39, 0.29) is 0 Å². The van der Waals surface area contributed by atoms with Crippen molar-refractivity contribution < 1.29 is 4.74 Å². The molecule has 3 heteroatoms. The number of aryl methyl sites for hydroxylation is 2. The summed E-state index contributed by atoms with van der Waals surface area (Å²) < 4.78 is 7.63. The Morgan fingerprint density at radius 1 is 1.33 bits per heavy atom. The smallest absolute Gasteiger partial charge is 0.119 e. The third-order valence-electron chi connectivity index (χ3n) is 3.38. The number of methoxy groups -OCH3 is 1. The van der Waals surface area contributed by atoms with Gasteiger partial charge in [0.25, 0.3) is 0 Å². The average Bonchev–Trinajstić information content (AvgIpc) is 2.76. The fourth-order valence-corrected chi connectivity index (χ4v) is 2.39. The Hall–Kier alpha value is -1.48. The predicted octanol–water partition coefficient (Wildman–Crippen LogP) is 2.82. The van der Waals surface area contributed by atoms with Gasteiger partial charge in [0.15, 0.2) is 0 Å². The second-order valence-corrected chi connectivity index (χ2v) is 4.53. The molecule has 2 rings (SSSR count). The predicted molar refractivity (Wildman–Crippen MR) is 76.4 cm³/mol. The van der Waals surface area contributed by atoms with Crippen LogP contribution in [0.2, 0.25) is 0 Å².